The average molecular weight is 133 g/mol. The van der Waals surface area contributed by atoms with E-state index in [2.05, 4.69) is 20.4 Å². The van der Waals surface area contributed by atoms with Crippen molar-refractivity contribution in [3.63, 3.8) is 0 Å². The first-order valence-electron chi connectivity index (χ1n) is 2.88. The van der Waals surface area contributed by atoms with Gasteiger partial charge in [-0.15, -0.1) is 18.2 Å². The molecule has 0 nitrogen and oxygen atoms in total. The Morgan fingerprint density at radius 2 is 2.25 bits per heavy atom. The maximum Gasteiger partial charge on any atom is 0.0311 e. The molecule has 0 aromatic carbocycles. The molecule has 1 heteroatoms. The zero-order chi connectivity index (χ0) is 6.62. The van der Waals surface area contributed by atoms with Crippen molar-refractivity contribution < 1.29 is 0 Å². The van der Waals surface area contributed by atoms with Gasteiger partial charge in [0.15, 0.2) is 0 Å². The van der Waals surface area contributed by atoms with Crippen LogP contribution >= 0.6 is 11.6 Å². The lowest BCUT2D eigenvalue weighted by molar-refractivity contribution is 0.470. The second-order valence-corrected chi connectivity index (χ2v) is 2.61. The largest absolute Gasteiger partial charge is 0.126 e. The predicted octanol–water partition coefficient (Wildman–Crippen LogP) is 2.83. The summed E-state index contributed by atoms with van der Waals surface area (Å²) in [6.07, 6.45) is 2.99. The fraction of sp³-hybridized carbons (Fsp3) is 0.714. The maximum absolute atomic E-state index is 5.64. The average Bonchev–Trinajstić information content (AvgIpc) is 1.87. The monoisotopic (exact) mass is 132 g/mol. The van der Waals surface area contributed by atoms with Gasteiger partial charge < -0.3 is 0 Å². The zero-order valence-electron chi connectivity index (χ0n) is 5.58. The molecule has 0 aliphatic carbocycles. The Kier molecular flexibility index (Phi) is 3.15. The summed E-state index contributed by atoms with van der Waals surface area (Å²) in [6.45, 7) is 7.91. The molecule has 0 bridgehead atoms. The number of alkyl halides is 1. The third-order valence-corrected chi connectivity index (χ3v) is 2.22. The maximum atomic E-state index is 5.64. The Hall–Kier alpha value is 0.0300. The van der Waals surface area contributed by atoms with Crippen molar-refractivity contribution in [1.29, 1.82) is 0 Å². The molecule has 0 aromatic rings. The molecule has 0 aromatic heterocycles. The zero-order valence-corrected chi connectivity index (χ0v) is 6.33. The molecule has 0 saturated carbocycles. The molecular formula is C7H13Cl. The van der Waals surface area contributed by atoms with Gasteiger partial charge in [0.25, 0.3) is 0 Å². The van der Waals surface area contributed by atoms with Crippen molar-refractivity contribution in [2.24, 2.45) is 5.41 Å². The molecule has 0 aliphatic heterocycles. The van der Waals surface area contributed by atoms with Crippen molar-refractivity contribution >= 4 is 11.6 Å². The van der Waals surface area contributed by atoms with Gasteiger partial charge in [-0.25, -0.2) is 0 Å². The molecule has 0 spiro atoms. The Morgan fingerprint density at radius 1 is 1.75 bits per heavy atom. The van der Waals surface area contributed by atoms with E-state index in [1.807, 2.05) is 6.08 Å². The van der Waals surface area contributed by atoms with Crippen molar-refractivity contribution in [2.75, 3.05) is 5.88 Å². The summed E-state index contributed by atoms with van der Waals surface area (Å²) in [6, 6.07) is 0. The van der Waals surface area contributed by atoms with Gasteiger partial charge in [-0.1, -0.05) is 19.9 Å². The summed E-state index contributed by atoms with van der Waals surface area (Å²) >= 11 is 5.64. The highest BCUT2D eigenvalue weighted by atomic mass is 35.5. The van der Waals surface area contributed by atoms with E-state index < -0.39 is 0 Å². The third-order valence-electron chi connectivity index (χ3n) is 1.61. The van der Waals surface area contributed by atoms with Gasteiger partial charge in [0.1, 0.15) is 0 Å². The fourth-order valence-corrected chi connectivity index (χ4v) is 0.591. The second-order valence-electron chi connectivity index (χ2n) is 2.35. The Bertz CT molecular complexity index is 72.5. The van der Waals surface area contributed by atoms with Crippen LogP contribution in [-0.4, -0.2) is 5.88 Å². The van der Waals surface area contributed by atoms with E-state index in [1.54, 1.807) is 0 Å². The minimum Gasteiger partial charge on any atom is -0.126 e. The van der Waals surface area contributed by atoms with Gasteiger partial charge in [-0.2, -0.15) is 0 Å². The first kappa shape index (κ1) is 8.03. The van der Waals surface area contributed by atoms with Crippen LogP contribution in [0, 0.1) is 5.41 Å². The topological polar surface area (TPSA) is 0 Å². The number of hydrogen-bond acceptors (Lipinski definition) is 0. The summed E-state index contributed by atoms with van der Waals surface area (Å²) < 4.78 is 0. The van der Waals surface area contributed by atoms with Gasteiger partial charge in [0, 0.05) is 5.88 Å². The van der Waals surface area contributed by atoms with Crippen LogP contribution in [0.25, 0.3) is 0 Å². The van der Waals surface area contributed by atoms with Crippen LogP contribution in [0.5, 0.6) is 0 Å². The molecule has 0 fully saturated rings. The Labute approximate surface area is 56.5 Å². The second kappa shape index (κ2) is 3.13. The highest BCUT2D eigenvalue weighted by Crippen LogP contribution is 2.22. The summed E-state index contributed by atoms with van der Waals surface area (Å²) in [5.41, 5.74) is 0.154. The number of allylic oxidation sites excluding steroid dienone is 1. The molecular weight excluding hydrogens is 120 g/mol. The molecule has 0 saturated heterocycles. The van der Waals surface area contributed by atoms with Crippen molar-refractivity contribution in [3.8, 4) is 0 Å². The van der Waals surface area contributed by atoms with Crippen LogP contribution in [0.3, 0.4) is 0 Å². The quantitative estimate of drug-likeness (QED) is 0.409. The first-order chi connectivity index (χ1) is 3.68. The van der Waals surface area contributed by atoms with Crippen LogP contribution in [0.1, 0.15) is 20.3 Å². The van der Waals surface area contributed by atoms with E-state index in [0.717, 1.165) is 6.42 Å². The summed E-state index contributed by atoms with van der Waals surface area (Å²) in [5.74, 6) is 0.674. The summed E-state index contributed by atoms with van der Waals surface area (Å²) in [7, 11) is 0. The highest BCUT2D eigenvalue weighted by Gasteiger charge is 2.14. The number of rotatable bonds is 3. The molecule has 0 radical (unpaired) electrons. The fourth-order valence-electron chi connectivity index (χ4n) is 0.293. The van der Waals surface area contributed by atoms with Crippen molar-refractivity contribution in [1.82, 2.24) is 0 Å². The predicted molar refractivity (Wildman–Crippen MR) is 39.3 cm³/mol. The highest BCUT2D eigenvalue weighted by molar-refractivity contribution is 6.18. The SMILES string of the molecule is C=CC(C)(CC)CCl. The van der Waals surface area contributed by atoms with Crippen LogP contribution < -0.4 is 0 Å². The van der Waals surface area contributed by atoms with E-state index in [9.17, 15) is 0 Å². The van der Waals surface area contributed by atoms with E-state index in [0.29, 0.717) is 5.88 Å². The van der Waals surface area contributed by atoms with E-state index >= 15 is 0 Å². The minimum absolute atomic E-state index is 0.154. The minimum atomic E-state index is 0.154. The van der Waals surface area contributed by atoms with E-state index in [4.69, 9.17) is 11.6 Å². The molecule has 0 amide bonds. The standard InChI is InChI=1S/C7H13Cl/c1-4-7(3,5-2)6-8/h4H,1,5-6H2,2-3H3. The normalized spacial score (nSPS) is 17.4. The molecule has 0 aliphatic rings. The van der Waals surface area contributed by atoms with E-state index in [1.165, 1.54) is 0 Å². The lowest BCUT2D eigenvalue weighted by Crippen LogP contribution is -2.12. The van der Waals surface area contributed by atoms with Gasteiger partial charge in [0.05, 0.1) is 0 Å². The molecule has 0 heterocycles. The van der Waals surface area contributed by atoms with Gasteiger partial charge in [0.2, 0.25) is 0 Å². The van der Waals surface area contributed by atoms with Crippen LogP contribution in [-0.2, 0) is 0 Å². The molecule has 1 atom stereocenters. The van der Waals surface area contributed by atoms with Gasteiger partial charge in [-0.05, 0) is 11.8 Å². The number of halogens is 1. The first-order valence-corrected chi connectivity index (χ1v) is 3.41. The number of hydrogen-bond donors (Lipinski definition) is 0. The Balaban J connectivity index is 3.76. The van der Waals surface area contributed by atoms with Gasteiger partial charge >= 0.3 is 0 Å². The molecule has 0 rings (SSSR count). The molecule has 8 heavy (non-hydrogen) atoms. The third kappa shape index (κ3) is 1.87. The lowest BCUT2D eigenvalue weighted by atomic mass is 9.91. The summed E-state index contributed by atoms with van der Waals surface area (Å²) in [4.78, 5) is 0. The summed E-state index contributed by atoms with van der Waals surface area (Å²) in [5, 5.41) is 0. The van der Waals surface area contributed by atoms with Crippen molar-refractivity contribution in [3.05, 3.63) is 12.7 Å². The van der Waals surface area contributed by atoms with Crippen LogP contribution in [0.4, 0.5) is 0 Å². The Morgan fingerprint density at radius 3 is 2.25 bits per heavy atom. The molecule has 0 N–H and O–H groups in total. The van der Waals surface area contributed by atoms with Crippen LogP contribution in [0.2, 0.25) is 0 Å². The van der Waals surface area contributed by atoms with E-state index in [-0.39, 0.29) is 5.41 Å². The van der Waals surface area contributed by atoms with Crippen LogP contribution in [0.15, 0.2) is 12.7 Å². The molecule has 48 valence electrons. The lowest BCUT2D eigenvalue weighted by Gasteiger charge is -2.18. The van der Waals surface area contributed by atoms with Crippen molar-refractivity contribution in [2.45, 2.75) is 20.3 Å². The molecule has 1 unspecified atom stereocenters. The van der Waals surface area contributed by atoms with Gasteiger partial charge in [-0.3, -0.25) is 0 Å². The smallest absolute Gasteiger partial charge is 0.0311 e.